The van der Waals surface area contributed by atoms with E-state index >= 15 is 0 Å². The Hall–Kier alpha value is -2.29. The van der Waals surface area contributed by atoms with Crippen molar-refractivity contribution in [1.82, 2.24) is 25.1 Å². The standard InChI is InChI=1S/C15H19N5O3S/c1-11-3-5-12(6-4-11)15-16-18-20(17-15)9-14(21)19(2)13-7-8-24(22,23)10-13/h3-6,13H,7-10H2,1-2H3/t13-/m1/s1. The van der Waals surface area contributed by atoms with Gasteiger partial charge in [-0.15, -0.1) is 10.2 Å². The Labute approximate surface area is 140 Å². The Morgan fingerprint density at radius 1 is 1.33 bits per heavy atom. The predicted molar refractivity (Wildman–Crippen MR) is 87.8 cm³/mol. The fourth-order valence-electron chi connectivity index (χ4n) is 2.65. The molecule has 24 heavy (non-hydrogen) atoms. The lowest BCUT2D eigenvalue weighted by Crippen LogP contribution is -2.40. The van der Waals surface area contributed by atoms with E-state index in [9.17, 15) is 13.2 Å². The minimum atomic E-state index is -3.03. The Kier molecular flexibility index (Phi) is 4.35. The number of likely N-dealkylation sites (N-methyl/N-ethyl adjacent to an activating group) is 1. The minimum Gasteiger partial charge on any atom is -0.340 e. The van der Waals surface area contributed by atoms with Gasteiger partial charge in [-0.2, -0.15) is 4.80 Å². The van der Waals surface area contributed by atoms with Crippen LogP contribution in [0.1, 0.15) is 12.0 Å². The number of hydrogen-bond donors (Lipinski definition) is 0. The normalized spacial score (nSPS) is 19.3. The van der Waals surface area contributed by atoms with Gasteiger partial charge in [0.05, 0.1) is 11.5 Å². The number of tetrazole rings is 1. The molecule has 0 bridgehead atoms. The van der Waals surface area contributed by atoms with E-state index < -0.39 is 9.84 Å². The van der Waals surface area contributed by atoms with E-state index in [0.717, 1.165) is 11.1 Å². The highest BCUT2D eigenvalue weighted by Gasteiger charge is 2.32. The average molecular weight is 349 g/mol. The van der Waals surface area contributed by atoms with Crippen molar-refractivity contribution in [3.8, 4) is 11.4 Å². The molecule has 0 aliphatic carbocycles. The van der Waals surface area contributed by atoms with E-state index in [4.69, 9.17) is 0 Å². The first-order chi connectivity index (χ1) is 11.3. The summed E-state index contributed by atoms with van der Waals surface area (Å²) < 4.78 is 23.1. The molecule has 1 aliphatic rings. The van der Waals surface area contributed by atoms with Crippen molar-refractivity contribution >= 4 is 15.7 Å². The van der Waals surface area contributed by atoms with Gasteiger partial charge in [0.25, 0.3) is 0 Å². The maximum Gasteiger partial charge on any atom is 0.246 e. The second-order valence-corrected chi connectivity index (χ2v) is 8.30. The van der Waals surface area contributed by atoms with Crippen LogP contribution in [0.4, 0.5) is 0 Å². The van der Waals surface area contributed by atoms with E-state index in [2.05, 4.69) is 15.4 Å². The molecule has 0 spiro atoms. The number of carbonyl (C=O) groups excluding carboxylic acids is 1. The number of amides is 1. The second-order valence-electron chi connectivity index (χ2n) is 6.07. The topological polar surface area (TPSA) is 98.0 Å². The van der Waals surface area contributed by atoms with Crippen LogP contribution in [0.3, 0.4) is 0 Å². The summed E-state index contributed by atoms with van der Waals surface area (Å²) in [5.41, 5.74) is 1.96. The number of benzene rings is 1. The molecule has 1 amide bonds. The van der Waals surface area contributed by atoms with Crippen molar-refractivity contribution in [1.29, 1.82) is 0 Å². The number of nitrogens with zero attached hydrogens (tertiary/aromatic N) is 5. The highest BCUT2D eigenvalue weighted by molar-refractivity contribution is 7.91. The van der Waals surface area contributed by atoms with Gasteiger partial charge in [-0.3, -0.25) is 4.79 Å². The molecule has 0 radical (unpaired) electrons. The van der Waals surface area contributed by atoms with Gasteiger partial charge in [0.15, 0.2) is 9.84 Å². The summed E-state index contributed by atoms with van der Waals surface area (Å²) in [5.74, 6) is 0.377. The van der Waals surface area contributed by atoms with Gasteiger partial charge in [0, 0.05) is 18.7 Å². The highest BCUT2D eigenvalue weighted by Crippen LogP contribution is 2.17. The Morgan fingerprint density at radius 3 is 2.67 bits per heavy atom. The molecule has 1 aromatic heterocycles. The average Bonchev–Trinajstić information content (AvgIpc) is 3.13. The molecule has 0 N–H and O–H groups in total. The molecule has 1 aromatic carbocycles. The quantitative estimate of drug-likeness (QED) is 0.787. The van der Waals surface area contributed by atoms with Crippen LogP contribution in [0, 0.1) is 6.92 Å². The number of hydrogen-bond acceptors (Lipinski definition) is 6. The van der Waals surface area contributed by atoms with Crippen molar-refractivity contribution in [3.63, 3.8) is 0 Å². The molecule has 2 aromatic rings. The summed E-state index contributed by atoms with van der Waals surface area (Å²) in [6.07, 6.45) is 0.476. The van der Waals surface area contributed by atoms with Crippen molar-refractivity contribution in [2.24, 2.45) is 0 Å². The van der Waals surface area contributed by atoms with Crippen molar-refractivity contribution < 1.29 is 13.2 Å². The number of rotatable bonds is 4. The maximum absolute atomic E-state index is 12.3. The second kappa shape index (κ2) is 6.31. The first-order valence-corrected chi connectivity index (χ1v) is 9.47. The van der Waals surface area contributed by atoms with Gasteiger partial charge in [-0.05, 0) is 18.6 Å². The van der Waals surface area contributed by atoms with Crippen LogP contribution in [0.5, 0.6) is 0 Å². The Balaban J connectivity index is 1.66. The fraction of sp³-hybridized carbons (Fsp3) is 0.467. The van der Waals surface area contributed by atoms with Crippen LogP contribution >= 0.6 is 0 Å². The molecular weight excluding hydrogens is 330 g/mol. The highest BCUT2D eigenvalue weighted by atomic mass is 32.2. The first kappa shape index (κ1) is 16.6. The zero-order chi connectivity index (χ0) is 17.3. The van der Waals surface area contributed by atoms with Gasteiger partial charge in [-0.1, -0.05) is 29.8 Å². The lowest BCUT2D eigenvalue weighted by atomic mass is 10.1. The summed E-state index contributed by atoms with van der Waals surface area (Å²) in [4.78, 5) is 15.0. The van der Waals surface area contributed by atoms with Crippen LogP contribution < -0.4 is 0 Å². The third-order valence-corrected chi connectivity index (χ3v) is 5.94. The van der Waals surface area contributed by atoms with Crippen molar-refractivity contribution in [3.05, 3.63) is 29.8 Å². The molecule has 1 fully saturated rings. The molecule has 0 saturated carbocycles. The van der Waals surface area contributed by atoms with E-state index in [1.54, 1.807) is 7.05 Å². The minimum absolute atomic E-state index is 0.0225. The van der Waals surface area contributed by atoms with Gasteiger partial charge >= 0.3 is 0 Å². The molecule has 1 atom stereocenters. The van der Waals surface area contributed by atoms with Gasteiger partial charge in [-0.25, -0.2) is 8.42 Å². The van der Waals surface area contributed by atoms with Gasteiger partial charge in [0.1, 0.15) is 6.54 Å². The first-order valence-electron chi connectivity index (χ1n) is 7.65. The zero-order valence-corrected chi connectivity index (χ0v) is 14.4. The van der Waals surface area contributed by atoms with E-state index in [1.165, 1.54) is 9.70 Å². The molecule has 9 heteroatoms. The molecule has 8 nitrogen and oxygen atoms in total. The molecule has 2 heterocycles. The molecular formula is C15H19N5O3S. The third kappa shape index (κ3) is 3.61. The van der Waals surface area contributed by atoms with Crippen molar-refractivity contribution in [2.45, 2.75) is 25.9 Å². The summed E-state index contributed by atoms with van der Waals surface area (Å²) in [7, 11) is -1.41. The van der Waals surface area contributed by atoms with E-state index in [1.807, 2.05) is 31.2 Å². The number of aryl methyl sites for hydroxylation is 1. The summed E-state index contributed by atoms with van der Waals surface area (Å²) in [6, 6.07) is 7.43. The van der Waals surface area contributed by atoms with E-state index in [-0.39, 0.29) is 30.0 Å². The van der Waals surface area contributed by atoms with Crippen LogP contribution in [0.15, 0.2) is 24.3 Å². The van der Waals surface area contributed by atoms with Crippen molar-refractivity contribution in [2.75, 3.05) is 18.6 Å². The summed E-state index contributed by atoms with van der Waals surface area (Å²) in [6.45, 7) is 1.93. The lowest BCUT2D eigenvalue weighted by molar-refractivity contribution is -0.132. The third-order valence-electron chi connectivity index (χ3n) is 4.19. The molecule has 1 aliphatic heterocycles. The van der Waals surface area contributed by atoms with E-state index in [0.29, 0.717) is 12.2 Å². The fourth-order valence-corrected chi connectivity index (χ4v) is 4.42. The number of aromatic nitrogens is 4. The van der Waals surface area contributed by atoms with Gasteiger partial charge in [0.2, 0.25) is 11.7 Å². The van der Waals surface area contributed by atoms with Crippen LogP contribution in [0.25, 0.3) is 11.4 Å². The van der Waals surface area contributed by atoms with Crippen LogP contribution in [-0.4, -0.2) is 64.0 Å². The molecule has 128 valence electrons. The Bertz CT molecular complexity index is 844. The summed E-state index contributed by atoms with van der Waals surface area (Å²) in [5, 5.41) is 12.1. The largest absolute Gasteiger partial charge is 0.340 e. The molecule has 0 unspecified atom stereocenters. The smallest absolute Gasteiger partial charge is 0.246 e. The maximum atomic E-state index is 12.3. The summed E-state index contributed by atoms with van der Waals surface area (Å²) >= 11 is 0. The molecule has 3 rings (SSSR count). The SMILES string of the molecule is Cc1ccc(-c2nnn(CC(=O)N(C)[C@@H]3CCS(=O)(=O)C3)n2)cc1. The number of carbonyl (C=O) groups is 1. The lowest BCUT2D eigenvalue weighted by Gasteiger charge is -2.22. The Morgan fingerprint density at radius 2 is 2.04 bits per heavy atom. The van der Waals surface area contributed by atoms with Gasteiger partial charge < -0.3 is 4.90 Å². The van der Waals surface area contributed by atoms with Crippen LogP contribution in [-0.2, 0) is 21.2 Å². The zero-order valence-electron chi connectivity index (χ0n) is 13.6. The van der Waals surface area contributed by atoms with Crippen LogP contribution in [0.2, 0.25) is 0 Å². The number of sulfone groups is 1. The molecule has 1 saturated heterocycles. The predicted octanol–water partition coefficient (Wildman–Crippen LogP) is 0.294. The monoisotopic (exact) mass is 349 g/mol.